The molecular weight excluding hydrogens is 1040 g/mol. The molecule has 0 heterocycles. The van der Waals surface area contributed by atoms with Crippen LogP contribution in [-0.4, -0.2) is 0 Å². The minimum absolute atomic E-state index is 0.240. The molecule has 0 aliphatic heterocycles. The Morgan fingerprint density at radius 3 is 0.920 bits per heavy atom. The molecule has 4 aromatic carbocycles. The normalized spacial score (nSPS) is 33.8. The molecule has 14 fully saturated rings. The fraction of sp³-hybridized carbons (Fsp3) is 0.770. The largest absolute Gasteiger partial charge is 0.0654 e. The maximum Gasteiger partial charge on any atom is -0.0106 e. The highest BCUT2D eigenvalue weighted by atomic mass is 14.6. The van der Waals surface area contributed by atoms with E-state index in [1.807, 2.05) is 0 Å². The lowest BCUT2D eigenvalue weighted by Gasteiger charge is -2.62. The minimum Gasteiger partial charge on any atom is -0.0654 e. The second kappa shape index (κ2) is 27.2. The van der Waals surface area contributed by atoms with Crippen LogP contribution in [0, 0.1) is 103 Å². The third-order valence-electron chi connectivity index (χ3n) is 27.3. The van der Waals surface area contributed by atoms with E-state index < -0.39 is 0 Å². The molecule has 0 nitrogen and oxygen atoms in total. The monoisotopic (exact) mass is 1180 g/mol. The van der Waals surface area contributed by atoms with Crippen LogP contribution in [0.3, 0.4) is 0 Å². The van der Waals surface area contributed by atoms with E-state index in [0.717, 1.165) is 69.5 Å². The van der Waals surface area contributed by atoms with Gasteiger partial charge >= 0.3 is 0 Å². The van der Waals surface area contributed by atoms with E-state index in [1.54, 1.807) is 148 Å². The first-order chi connectivity index (χ1) is 40.7. The fourth-order valence-corrected chi connectivity index (χ4v) is 21.8. The molecule has 18 rings (SSSR count). The highest BCUT2D eigenvalue weighted by molar-refractivity contribution is 5.84. The van der Waals surface area contributed by atoms with Crippen molar-refractivity contribution in [1.82, 2.24) is 0 Å². The van der Waals surface area contributed by atoms with E-state index in [0.29, 0.717) is 21.7 Å². The van der Waals surface area contributed by atoms with Crippen molar-refractivity contribution in [3.63, 3.8) is 0 Å². The Labute approximate surface area is 539 Å². The Morgan fingerprint density at radius 2 is 0.632 bits per heavy atom. The summed E-state index contributed by atoms with van der Waals surface area (Å²) in [5.41, 5.74) is 7.86. The predicted molar refractivity (Wildman–Crippen MR) is 384 cm³/mol. The lowest BCUT2D eigenvalue weighted by molar-refractivity contribution is -0.122. The third-order valence-corrected chi connectivity index (χ3v) is 27.3. The molecular formula is C87H138. The predicted octanol–water partition coefficient (Wildman–Crippen LogP) is 27.2. The molecule has 0 aromatic heterocycles. The molecule has 0 N–H and O–H groups in total. The summed E-state index contributed by atoms with van der Waals surface area (Å²) in [7, 11) is 0. The molecule has 0 spiro atoms. The lowest BCUT2D eigenvalue weighted by atomic mass is 9.42. The van der Waals surface area contributed by atoms with Crippen LogP contribution in [0.4, 0.5) is 0 Å². The van der Waals surface area contributed by atoms with E-state index in [2.05, 4.69) is 216 Å². The van der Waals surface area contributed by atoms with Crippen molar-refractivity contribution in [1.29, 1.82) is 0 Å². The molecule has 4 aromatic rings. The van der Waals surface area contributed by atoms with Crippen molar-refractivity contribution in [3.05, 3.63) is 96.1 Å². The van der Waals surface area contributed by atoms with Crippen LogP contribution in [0.5, 0.6) is 0 Å². The number of hydrogen-bond acceptors (Lipinski definition) is 0. The fourth-order valence-electron chi connectivity index (χ4n) is 21.8. The smallest absolute Gasteiger partial charge is 0.0106 e. The molecule has 87 heavy (non-hydrogen) atoms. The summed E-state index contributed by atoms with van der Waals surface area (Å²) in [5.74, 6) is 12.4. The van der Waals surface area contributed by atoms with Crippen LogP contribution in [0.2, 0.25) is 0 Å². The Bertz CT molecular complexity index is 2670. The van der Waals surface area contributed by atoms with Gasteiger partial charge in [-0.1, -0.05) is 261 Å². The molecule has 14 aliphatic rings. The Hall–Kier alpha value is -2.60. The van der Waals surface area contributed by atoms with Crippen molar-refractivity contribution in [2.24, 2.45) is 103 Å². The molecule has 0 amide bonds. The third kappa shape index (κ3) is 16.6. The Kier molecular flexibility index (Phi) is 21.5. The van der Waals surface area contributed by atoms with Gasteiger partial charge in [0.05, 0.1) is 0 Å². The van der Waals surface area contributed by atoms with Gasteiger partial charge in [-0.3, -0.25) is 0 Å². The molecule has 0 heteroatoms. The van der Waals surface area contributed by atoms with Crippen LogP contribution in [-0.2, 0) is 10.8 Å². The van der Waals surface area contributed by atoms with Crippen molar-refractivity contribution in [3.8, 4) is 0 Å². The van der Waals surface area contributed by atoms with Gasteiger partial charge in [0.2, 0.25) is 0 Å². The van der Waals surface area contributed by atoms with E-state index in [9.17, 15) is 0 Å². The van der Waals surface area contributed by atoms with E-state index in [1.165, 1.54) is 76.6 Å². The van der Waals surface area contributed by atoms with Gasteiger partial charge in [0.15, 0.2) is 0 Å². The maximum absolute atomic E-state index is 2.59. The quantitative estimate of drug-likeness (QED) is 0.165. The molecule has 14 saturated carbocycles. The van der Waals surface area contributed by atoms with Gasteiger partial charge in [-0.05, 0) is 281 Å². The summed E-state index contributed by atoms with van der Waals surface area (Å²) in [5, 5.41) is 5.32. The van der Waals surface area contributed by atoms with Crippen molar-refractivity contribution in [2.75, 3.05) is 0 Å². The first-order valence-corrected chi connectivity index (χ1v) is 37.7. The minimum atomic E-state index is 0.240. The first kappa shape index (κ1) is 68.8. The van der Waals surface area contributed by atoms with E-state index >= 15 is 0 Å². The van der Waals surface area contributed by atoms with Crippen LogP contribution in [0.15, 0.2) is 84.9 Å². The van der Waals surface area contributed by atoms with Gasteiger partial charge in [-0.25, -0.2) is 0 Å². The van der Waals surface area contributed by atoms with Gasteiger partial charge in [0.25, 0.3) is 0 Å². The van der Waals surface area contributed by atoms with Crippen molar-refractivity contribution >= 4 is 21.5 Å². The van der Waals surface area contributed by atoms with Crippen LogP contribution >= 0.6 is 0 Å². The molecule has 14 bridgehead atoms. The number of benzene rings is 4. The number of rotatable bonds is 8. The first-order valence-electron chi connectivity index (χ1n) is 37.7. The summed E-state index contributed by atoms with van der Waals surface area (Å²) >= 11 is 0. The second-order valence-electron chi connectivity index (χ2n) is 38.8. The summed E-state index contributed by atoms with van der Waals surface area (Å²) in [6, 6.07) is 30.6. The lowest BCUT2D eigenvalue weighted by Crippen LogP contribution is -2.52. The Morgan fingerprint density at radius 1 is 0.333 bits per heavy atom. The van der Waals surface area contributed by atoms with E-state index in [-0.39, 0.29) is 10.8 Å². The van der Waals surface area contributed by atoms with Crippen LogP contribution in [0.25, 0.3) is 21.5 Å². The number of unbranched alkanes of at least 4 members (excludes halogenated alkanes) is 1. The van der Waals surface area contributed by atoms with Crippen molar-refractivity contribution < 1.29 is 0 Å². The summed E-state index contributed by atoms with van der Waals surface area (Å²) in [6.45, 7) is 44.8. The molecule has 0 unspecified atom stereocenters. The molecule has 0 atom stereocenters. The number of fused-ring (bicyclic) bond motifs is 4. The van der Waals surface area contributed by atoms with Gasteiger partial charge < -0.3 is 0 Å². The number of hydrogen-bond donors (Lipinski definition) is 0. The van der Waals surface area contributed by atoms with Crippen LogP contribution in [0.1, 0.15) is 322 Å². The molecule has 14 aliphatic carbocycles. The molecule has 486 valence electrons. The second-order valence-corrected chi connectivity index (χ2v) is 38.8. The summed E-state index contributed by atoms with van der Waals surface area (Å²) < 4.78 is 0. The zero-order valence-corrected chi connectivity index (χ0v) is 60.7. The average molecular weight is 1180 g/mol. The van der Waals surface area contributed by atoms with Gasteiger partial charge in [0.1, 0.15) is 0 Å². The Balaban J connectivity index is 0.000000124. The topological polar surface area (TPSA) is 0 Å². The van der Waals surface area contributed by atoms with E-state index in [4.69, 9.17) is 0 Å². The van der Waals surface area contributed by atoms with Crippen molar-refractivity contribution in [2.45, 2.75) is 322 Å². The zero-order valence-electron chi connectivity index (χ0n) is 60.7. The summed E-state index contributed by atoms with van der Waals surface area (Å²) in [6.07, 6.45) is 43.0. The SMILES string of the molecule is C1CC2CCC1C2.CC(C)(C)C.CC(C)(C)C12CC3CC(CC(C3)C1)C2.CC(C)(C)c1ccc2ccccc2c1.CCC(C)(C)C12CC3CC(CC(C3)C1)C2.CCC(C)(C)c1ccc2ccccc2c1.CCCCC(C)(C)C12CC3CC(CC(C3)C1)C2. The van der Waals surface area contributed by atoms with Gasteiger partial charge in [-0.15, -0.1) is 0 Å². The van der Waals surface area contributed by atoms with Gasteiger partial charge in [-0.2, -0.15) is 0 Å². The standard InChI is InChI=1S/C17H30.C15H26.C15H18.C14H24.C14H16.C7H12.C5H12/c1-4-5-6-16(2,3)17-10-13-7-14(11-17)9-15(8-13)12-17;1-4-14(2,3)15-8-11-5-12(9-15)7-13(6-11)10-15;1-4-15(2,3)14-10-9-12-7-5-6-8-13(12)11-14;1-13(2,3)14-7-10-4-11(8-14)6-12(5-10)9-14;1-14(2,3)13-9-8-11-6-4-5-7-12(11)10-13;1-2-7-4-3-6(1)5-7;1-5(2,3)4/h13-15H,4-12H2,1-3H3;11-13H,4-10H2,1-3H3;5-11H,4H2,1-3H3;10-12H,4-9H2,1-3H3;4-10H,1-3H3;6-7H,1-5H2;1-4H3. The maximum atomic E-state index is 2.59. The summed E-state index contributed by atoms with van der Waals surface area (Å²) in [4.78, 5) is 0. The average Bonchev–Trinajstić information content (AvgIpc) is 1.77. The van der Waals surface area contributed by atoms with Crippen LogP contribution < -0.4 is 0 Å². The zero-order chi connectivity index (χ0) is 63.0. The molecule has 0 saturated heterocycles. The molecule has 0 radical (unpaired) electrons. The highest BCUT2D eigenvalue weighted by Crippen LogP contribution is 2.69. The van der Waals surface area contributed by atoms with Gasteiger partial charge in [0, 0.05) is 0 Å². The highest BCUT2D eigenvalue weighted by Gasteiger charge is 2.58.